The summed E-state index contributed by atoms with van der Waals surface area (Å²) in [6, 6.07) is 0. The summed E-state index contributed by atoms with van der Waals surface area (Å²) in [6.07, 6.45) is 11.9. The third-order valence-electron chi connectivity index (χ3n) is 5.88. The Morgan fingerprint density at radius 2 is 2.22 bits per heavy atom. The number of carbonyl (C=O) groups excluding carboxylic acids is 1. The van der Waals surface area contributed by atoms with Crippen LogP contribution in [0.15, 0.2) is 6.20 Å². The number of amides is 1. The van der Waals surface area contributed by atoms with Gasteiger partial charge in [0, 0.05) is 44.4 Å². The van der Waals surface area contributed by atoms with Gasteiger partial charge in [-0.2, -0.15) is 0 Å². The molecule has 3 heterocycles. The first-order valence-corrected chi connectivity index (χ1v) is 10.9. The molecule has 6 nitrogen and oxygen atoms in total. The van der Waals surface area contributed by atoms with E-state index in [1.807, 2.05) is 6.20 Å². The minimum atomic E-state index is 0.185. The van der Waals surface area contributed by atoms with Crippen molar-refractivity contribution >= 4 is 5.91 Å². The number of aryl methyl sites for hydroxylation is 1. The lowest BCUT2D eigenvalue weighted by molar-refractivity contribution is -0.122. The van der Waals surface area contributed by atoms with Crippen LogP contribution in [0.4, 0.5) is 0 Å². The number of hydrogen-bond acceptors (Lipinski definition) is 4. The van der Waals surface area contributed by atoms with E-state index in [-0.39, 0.29) is 12.0 Å². The van der Waals surface area contributed by atoms with E-state index in [9.17, 15) is 4.79 Å². The minimum Gasteiger partial charge on any atom is -0.376 e. The first-order chi connectivity index (χ1) is 13.2. The molecule has 152 valence electrons. The van der Waals surface area contributed by atoms with Gasteiger partial charge in [-0.3, -0.25) is 9.69 Å². The quantitative estimate of drug-likeness (QED) is 0.658. The highest BCUT2D eigenvalue weighted by molar-refractivity contribution is 5.75. The Bertz CT molecular complexity index is 560. The molecule has 0 aliphatic carbocycles. The third-order valence-corrected chi connectivity index (χ3v) is 5.88. The molecule has 6 heteroatoms. The maximum Gasteiger partial charge on any atom is 0.220 e. The van der Waals surface area contributed by atoms with E-state index in [2.05, 4.69) is 27.1 Å². The predicted molar refractivity (Wildman–Crippen MR) is 106 cm³/mol. The zero-order chi connectivity index (χ0) is 18.9. The van der Waals surface area contributed by atoms with Crippen LogP contribution in [0.5, 0.6) is 0 Å². The van der Waals surface area contributed by atoms with Crippen molar-refractivity contribution in [3.8, 4) is 0 Å². The van der Waals surface area contributed by atoms with Gasteiger partial charge < -0.3 is 15.0 Å². The van der Waals surface area contributed by atoms with E-state index in [0.29, 0.717) is 18.9 Å². The van der Waals surface area contributed by atoms with Crippen molar-refractivity contribution in [3.63, 3.8) is 0 Å². The molecule has 27 heavy (non-hydrogen) atoms. The molecule has 3 rings (SSSR count). The van der Waals surface area contributed by atoms with Gasteiger partial charge in [-0.15, -0.1) is 0 Å². The summed E-state index contributed by atoms with van der Waals surface area (Å²) in [5.41, 5.74) is 1.23. The second kappa shape index (κ2) is 10.8. The summed E-state index contributed by atoms with van der Waals surface area (Å²) in [5, 5.41) is 3.04. The van der Waals surface area contributed by atoms with Gasteiger partial charge in [-0.1, -0.05) is 13.3 Å². The van der Waals surface area contributed by atoms with E-state index >= 15 is 0 Å². The molecule has 1 aromatic rings. The molecule has 0 radical (unpaired) electrons. The van der Waals surface area contributed by atoms with Gasteiger partial charge in [0.2, 0.25) is 5.91 Å². The molecule has 0 unspecified atom stereocenters. The Hall–Kier alpha value is -1.40. The molecule has 2 saturated heterocycles. The van der Waals surface area contributed by atoms with Crippen LogP contribution in [-0.4, -0.2) is 53.1 Å². The number of carbonyl (C=O) groups is 1. The smallest absolute Gasteiger partial charge is 0.220 e. The molecular formula is C21H36N4O2. The fraction of sp³-hybridized carbons (Fsp3) is 0.810. The first-order valence-electron chi connectivity index (χ1n) is 10.9. The number of likely N-dealkylation sites (tertiary alicyclic amines) is 1. The molecule has 1 aromatic heterocycles. The Kier molecular flexibility index (Phi) is 8.14. The zero-order valence-electron chi connectivity index (χ0n) is 16.8. The lowest BCUT2D eigenvalue weighted by atomic mass is 9.92. The summed E-state index contributed by atoms with van der Waals surface area (Å²) in [7, 11) is 0. The van der Waals surface area contributed by atoms with Crippen LogP contribution in [0, 0.1) is 5.92 Å². The number of imidazole rings is 1. The standard InChI is InChI=1S/C21H36N4O2/c1-2-3-6-20-22-14-18(24-20)16-25-11-9-17(10-12-25)7-8-21(26)23-15-19-5-4-13-27-19/h14,17,19H,2-13,15-16H2,1H3,(H,22,24)(H,23,26)/t19-/m0/s1. The highest BCUT2D eigenvalue weighted by atomic mass is 16.5. The maximum atomic E-state index is 12.0. The van der Waals surface area contributed by atoms with Crippen LogP contribution in [-0.2, 0) is 22.5 Å². The van der Waals surface area contributed by atoms with Crippen LogP contribution in [0.25, 0.3) is 0 Å². The average molecular weight is 377 g/mol. The van der Waals surface area contributed by atoms with Crippen molar-refractivity contribution in [2.75, 3.05) is 26.2 Å². The first kappa shape index (κ1) is 20.3. The number of nitrogens with zero attached hydrogens (tertiary/aromatic N) is 2. The third kappa shape index (κ3) is 6.92. The van der Waals surface area contributed by atoms with Gasteiger partial charge >= 0.3 is 0 Å². The number of hydrogen-bond donors (Lipinski definition) is 2. The van der Waals surface area contributed by atoms with Crippen molar-refractivity contribution in [2.24, 2.45) is 5.92 Å². The van der Waals surface area contributed by atoms with E-state index in [1.54, 1.807) is 0 Å². The normalized spacial score (nSPS) is 21.6. The molecule has 0 bridgehead atoms. The number of unbranched alkanes of at least 4 members (excludes halogenated alkanes) is 1. The number of rotatable bonds is 10. The van der Waals surface area contributed by atoms with Gasteiger partial charge in [0.05, 0.1) is 6.10 Å². The number of piperidine rings is 1. The van der Waals surface area contributed by atoms with E-state index in [4.69, 9.17) is 4.74 Å². The number of aromatic amines is 1. The Balaban J connectivity index is 1.28. The van der Waals surface area contributed by atoms with Crippen LogP contribution < -0.4 is 5.32 Å². The average Bonchev–Trinajstić information content (AvgIpc) is 3.36. The molecule has 2 aliphatic heterocycles. The summed E-state index contributed by atoms with van der Waals surface area (Å²) < 4.78 is 5.55. The number of H-pyrrole nitrogens is 1. The fourth-order valence-electron chi connectivity index (χ4n) is 4.09. The Morgan fingerprint density at radius 1 is 1.37 bits per heavy atom. The molecular weight excluding hydrogens is 340 g/mol. The summed E-state index contributed by atoms with van der Waals surface area (Å²) in [4.78, 5) is 22.5. The molecule has 0 spiro atoms. The summed E-state index contributed by atoms with van der Waals surface area (Å²) >= 11 is 0. The van der Waals surface area contributed by atoms with Gasteiger partial charge in [-0.25, -0.2) is 4.98 Å². The Morgan fingerprint density at radius 3 is 2.96 bits per heavy atom. The van der Waals surface area contributed by atoms with Crippen LogP contribution in [0.2, 0.25) is 0 Å². The fourth-order valence-corrected chi connectivity index (χ4v) is 4.09. The molecule has 1 atom stereocenters. The SMILES string of the molecule is CCCCc1ncc(CN2CCC(CCC(=O)NC[C@@H]3CCCO3)CC2)[nH]1. The van der Waals surface area contributed by atoms with E-state index < -0.39 is 0 Å². The topological polar surface area (TPSA) is 70.2 Å². The highest BCUT2D eigenvalue weighted by Crippen LogP contribution is 2.23. The molecule has 2 fully saturated rings. The maximum absolute atomic E-state index is 12.0. The monoisotopic (exact) mass is 376 g/mol. The van der Waals surface area contributed by atoms with Crippen LogP contribution in [0.3, 0.4) is 0 Å². The molecule has 2 N–H and O–H groups in total. The van der Waals surface area contributed by atoms with Gasteiger partial charge in [0.1, 0.15) is 5.82 Å². The van der Waals surface area contributed by atoms with Gasteiger partial charge in [0.25, 0.3) is 0 Å². The molecule has 2 aliphatic rings. The van der Waals surface area contributed by atoms with Crippen molar-refractivity contribution in [3.05, 3.63) is 17.7 Å². The molecule has 0 aromatic carbocycles. The lowest BCUT2D eigenvalue weighted by Crippen LogP contribution is -2.35. The second-order valence-electron chi connectivity index (χ2n) is 8.16. The number of aromatic nitrogens is 2. The minimum absolute atomic E-state index is 0.185. The predicted octanol–water partition coefficient (Wildman–Crippen LogP) is 3.04. The van der Waals surface area contributed by atoms with Gasteiger partial charge in [-0.05, 0) is 57.5 Å². The van der Waals surface area contributed by atoms with Crippen molar-refractivity contribution in [1.82, 2.24) is 20.2 Å². The van der Waals surface area contributed by atoms with Crippen molar-refractivity contribution in [2.45, 2.75) is 77.4 Å². The highest BCUT2D eigenvalue weighted by Gasteiger charge is 2.21. The number of nitrogens with one attached hydrogen (secondary N) is 2. The van der Waals surface area contributed by atoms with Crippen LogP contribution in [0.1, 0.15) is 69.8 Å². The summed E-state index contributed by atoms with van der Waals surface area (Å²) in [6.45, 7) is 6.94. The van der Waals surface area contributed by atoms with Crippen LogP contribution >= 0.6 is 0 Å². The lowest BCUT2D eigenvalue weighted by Gasteiger charge is -2.31. The van der Waals surface area contributed by atoms with Gasteiger partial charge in [0.15, 0.2) is 0 Å². The van der Waals surface area contributed by atoms with Crippen molar-refractivity contribution < 1.29 is 9.53 Å². The largest absolute Gasteiger partial charge is 0.376 e. The summed E-state index contributed by atoms with van der Waals surface area (Å²) in [5.74, 6) is 1.98. The van der Waals surface area contributed by atoms with E-state index in [0.717, 1.165) is 57.7 Å². The number of ether oxygens (including phenoxy) is 1. The molecule has 0 saturated carbocycles. The Labute approximate surface area is 163 Å². The van der Waals surface area contributed by atoms with E-state index in [1.165, 1.54) is 31.4 Å². The van der Waals surface area contributed by atoms with Crippen molar-refractivity contribution in [1.29, 1.82) is 0 Å². The zero-order valence-corrected chi connectivity index (χ0v) is 16.8. The second-order valence-corrected chi connectivity index (χ2v) is 8.16. The molecule has 1 amide bonds.